The average Bonchev–Trinajstić information content (AvgIpc) is 2.71. The van der Waals surface area contributed by atoms with Crippen molar-refractivity contribution < 1.29 is 5.11 Å². The zero-order valence-electron chi connectivity index (χ0n) is 12.1. The van der Waals surface area contributed by atoms with Crippen molar-refractivity contribution in [2.24, 2.45) is 5.84 Å². The van der Waals surface area contributed by atoms with Gasteiger partial charge in [-0.25, -0.2) is 15.8 Å². The van der Waals surface area contributed by atoms with Gasteiger partial charge in [-0.3, -0.25) is 0 Å². The number of hydrazine groups is 1. The van der Waals surface area contributed by atoms with Crippen LogP contribution in [0.5, 0.6) is 0 Å². The van der Waals surface area contributed by atoms with Crippen molar-refractivity contribution in [1.29, 1.82) is 0 Å². The molecular formula is C14H23N5O. The van der Waals surface area contributed by atoms with Crippen LogP contribution in [0.3, 0.4) is 0 Å². The molecule has 0 aromatic carbocycles. The first kappa shape index (κ1) is 13.6. The van der Waals surface area contributed by atoms with E-state index in [2.05, 4.69) is 15.3 Å². The van der Waals surface area contributed by atoms with Crippen LogP contribution >= 0.6 is 0 Å². The molecule has 6 heteroatoms. The highest BCUT2D eigenvalue weighted by molar-refractivity contribution is 5.60. The number of aliphatic hydroxyl groups excluding tert-OH is 1. The molecular weight excluding hydrogens is 254 g/mol. The van der Waals surface area contributed by atoms with Crippen molar-refractivity contribution in [3.63, 3.8) is 0 Å². The van der Waals surface area contributed by atoms with Gasteiger partial charge in [0.1, 0.15) is 17.5 Å². The third-order valence-corrected chi connectivity index (χ3v) is 4.57. The molecule has 0 radical (unpaired) electrons. The van der Waals surface area contributed by atoms with Gasteiger partial charge in [-0.2, -0.15) is 0 Å². The maximum atomic E-state index is 9.93. The van der Waals surface area contributed by atoms with Crippen LogP contribution in [0.1, 0.15) is 44.0 Å². The lowest BCUT2D eigenvalue weighted by molar-refractivity contribution is 0.126. The van der Waals surface area contributed by atoms with Crippen LogP contribution in [0.4, 0.5) is 11.6 Å². The first-order chi connectivity index (χ1) is 9.63. The molecule has 1 aromatic rings. The Hall–Kier alpha value is -1.40. The number of hydrogen-bond donors (Lipinski definition) is 3. The van der Waals surface area contributed by atoms with E-state index in [1.807, 2.05) is 13.8 Å². The standard InChI is InChI=1S/C14H23N5O/c1-3-12-16-13(18-15)8(2)14(17-12)19-9-4-5-10(19)7-11(20)6-9/h9-11,20H,3-7,15H2,1-2H3,(H,16,17,18). The van der Waals surface area contributed by atoms with Crippen LogP contribution in [0, 0.1) is 6.92 Å². The van der Waals surface area contributed by atoms with Crippen LogP contribution in [0.2, 0.25) is 0 Å². The van der Waals surface area contributed by atoms with E-state index in [0.29, 0.717) is 17.9 Å². The topological polar surface area (TPSA) is 87.3 Å². The number of aryl methyl sites for hydroxylation is 1. The van der Waals surface area contributed by atoms with Gasteiger partial charge in [0.15, 0.2) is 0 Å². The summed E-state index contributed by atoms with van der Waals surface area (Å²) >= 11 is 0. The highest BCUT2D eigenvalue weighted by atomic mass is 16.3. The van der Waals surface area contributed by atoms with Gasteiger partial charge in [0.2, 0.25) is 0 Å². The lowest BCUT2D eigenvalue weighted by Crippen LogP contribution is -2.45. The molecule has 2 aliphatic rings. The molecule has 0 spiro atoms. The monoisotopic (exact) mass is 277 g/mol. The van der Waals surface area contributed by atoms with E-state index in [9.17, 15) is 5.11 Å². The van der Waals surface area contributed by atoms with E-state index >= 15 is 0 Å². The normalized spacial score (nSPS) is 28.8. The molecule has 0 amide bonds. The fourth-order valence-corrected chi connectivity index (χ4v) is 3.59. The SMILES string of the molecule is CCc1nc(NN)c(C)c(N2C3CCC2CC(O)C3)n1. The van der Waals surface area contributed by atoms with Gasteiger partial charge in [-0.15, -0.1) is 0 Å². The third kappa shape index (κ3) is 2.13. The zero-order chi connectivity index (χ0) is 14.3. The summed E-state index contributed by atoms with van der Waals surface area (Å²) < 4.78 is 0. The number of aromatic nitrogens is 2. The summed E-state index contributed by atoms with van der Waals surface area (Å²) in [6.07, 6.45) is 4.58. The van der Waals surface area contributed by atoms with Crippen LogP contribution < -0.4 is 16.2 Å². The first-order valence-corrected chi connectivity index (χ1v) is 7.44. The molecule has 110 valence electrons. The number of aliphatic hydroxyl groups is 1. The van der Waals surface area contributed by atoms with Crippen molar-refractivity contribution >= 4 is 11.6 Å². The van der Waals surface area contributed by atoms with Crippen molar-refractivity contribution in [3.05, 3.63) is 11.4 Å². The van der Waals surface area contributed by atoms with E-state index < -0.39 is 0 Å². The first-order valence-electron chi connectivity index (χ1n) is 7.44. The number of nitrogens with two attached hydrogens (primary N) is 1. The second-order valence-electron chi connectivity index (χ2n) is 5.85. The van der Waals surface area contributed by atoms with Crippen molar-refractivity contribution in [3.8, 4) is 0 Å². The molecule has 2 aliphatic heterocycles. The van der Waals surface area contributed by atoms with Gasteiger partial charge in [0.25, 0.3) is 0 Å². The Bertz CT molecular complexity index is 493. The van der Waals surface area contributed by atoms with Gasteiger partial charge in [0.05, 0.1) is 6.10 Å². The van der Waals surface area contributed by atoms with Crippen LogP contribution in [0.25, 0.3) is 0 Å². The minimum Gasteiger partial charge on any atom is -0.393 e. The minimum atomic E-state index is -0.163. The smallest absolute Gasteiger partial charge is 0.148 e. The Morgan fingerprint density at radius 3 is 2.50 bits per heavy atom. The second kappa shape index (κ2) is 5.18. The van der Waals surface area contributed by atoms with E-state index in [0.717, 1.165) is 49.3 Å². The number of fused-ring (bicyclic) bond motifs is 2. The van der Waals surface area contributed by atoms with Gasteiger partial charge in [-0.1, -0.05) is 6.92 Å². The molecule has 20 heavy (non-hydrogen) atoms. The molecule has 0 saturated carbocycles. The molecule has 2 atom stereocenters. The number of piperidine rings is 1. The lowest BCUT2D eigenvalue weighted by Gasteiger charge is -2.39. The number of nitrogens with zero attached hydrogens (tertiary/aromatic N) is 3. The molecule has 2 saturated heterocycles. The number of anilines is 2. The van der Waals surface area contributed by atoms with Crippen LogP contribution in [-0.4, -0.2) is 33.3 Å². The third-order valence-electron chi connectivity index (χ3n) is 4.57. The van der Waals surface area contributed by atoms with Gasteiger partial charge in [0, 0.05) is 24.1 Å². The summed E-state index contributed by atoms with van der Waals surface area (Å²) in [5, 5.41) is 9.93. The maximum Gasteiger partial charge on any atom is 0.148 e. The predicted molar refractivity (Wildman–Crippen MR) is 78.5 cm³/mol. The summed E-state index contributed by atoms with van der Waals surface area (Å²) in [5.74, 6) is 8.09. The Labute approximate surface area is 119 Å². The molecule has 2 unspecified atom stereocenters. The number of nitrogens with one attached hydrogen (secondary N) is 1. The molecule has 6 nitrogen and oxygen atoms in total. The fourth-order valence-electron chi connectivity index (χ4n) is 3.59. The molecule has 0 aliphatic carbocycles. The molecule has 4 N–H and O–H groups in total. The van der Waals surface area contributed by atoms with Crippen LogP contribution in [0.15, 0.2) is 0 Å². The van der Waals surface area contributed by atoms with Crippen molar-refractivity contribution in [2.75, 3.05) is 10.3 Å². The van der Waals surface area contributed by atoms with Gasteiger partial charge < -0.3 is 15.4 Å². The van der Waals surface area contributed by atoms with E-state index in [4.69, 9.17) is 10.8 Å². The lowest BCUT2D eigenvalue weighted by atomic mass is 9.99. The Kier molecular flexibility index (Phi) is 3.52. The minimum absolute atomic E-state index is 0.163. The summed E-state index contributed by atoms with van der Waals surface area (Å²) in [4.78, 5) is 11.5. The average molecular weight is 277 g/mol. The Balaban J connectivity index is 2.01. The highest BCUT2D eigenvalue weighted by Gasteiger charge is 2.41. The summed E-state index contributed by atoms with van der Waals surface area (Å²) in [6.45, 7) is 4.05. The largest absolute Gasteiger partial charge is 0.393 e. The second-order valence-corrected chi connectivity index (χ2v) is 5.85. The van der Waals surface area contributed by atoms with Crippen molar-refractivity contribution in [1.82, 2.24) is 9.97 Å². The number of rotatable bonds is 3. The molecule has 3 rings (SSSR count). The van der Waals surface area contributed by atoms with E-state index in [-0.39, 0.29) is 6.10 Å². The van der Waals surface area contributed by atoms with E-state index in [1.54, 1.807) is 0 Å². The molecule has 3 heterocycles. The van der Waals surface area contributed by atoms with E-state index in [1.165, 1.54) is 0 Å². The molecule has 1 aromatic heterocycles. The summed E-state index contributed by atoms with van der Waals surface area (Å²) in [6, 6.07) is 0.792. The molecule has 2 bridgehead atoms. The summed E-state index contributed by atoms with van der Waals surface area (Å²) in [5.41, 5.74) is 3.68. The predicted octanol–water partition coefficient (Wildman–Crippen LogP) is 1.13. The maximum absolute atomic E-state index is 9.93. The zero-order valence-corrected chi connectivity index (χ0v) is 12.1. The van der Waals surface area contributed by atoms with Gasteiger partial charge >= 0.3 is 0 Å². The highest BCUT2D eigenvalue weighted by Crippen LogP contribution is 2.40. The quantitative estimate of drug-likeness (QED) is 0.567. The summed E-state index contributed by atoms with van der Waals surface area (Å²) in [7, 11) is 0. The number of nitrogen functional groups attached to an aromatic ring is 1. The number of hydrogen-bond acceptors (Lipinski definition) is 6. The van der Waals surface area contributed by atoms with Crippen LogP contribution in [-0.2, 0) is 6.42 Å². The Morgan fingerprint density at radius 2 is 1.95 bits per heavy atom. The molecule has 2 fully saturated rings. The van der Waals surface area contributed by atoms with Gasteiger partial charge in [-0.05, 0) is 32.6 Å². The Morgan fingerprint density at radius 1 is 1.30 bits per heavy atom. The van der Waals surface area contributed by atoms with Crippen molar-refractivity contribution in [2.45, 2.75) is 64.1 Å². The fraction of sp³-hybridized carbons (Fsp3) is 0.714.